The van der Waals surface area contributed by atoms with Crippen LogP contribution >= 0.6 is 0 Å². The number of nitrogens with one attached hydrogen (secondary N) is 1. The van der Waals surface area contributed by atoms with E-state index in [4.69, 9.17) is 0 Å². The number of alkyl halides is 3. The second-order valence-electron chi connectivity index (χ2n) is 7.42. The summed E-state index contributed by atoms with van der Waals surface area (Å²) in [7, 11) is 0. The largest absolute Gasteiger partial charge is 0.416 e. The van der Waals surface area contributed by atoms with Gasteiger partial charge in [0.1, 0.15) is 0 Å². The number of aromatic nitrogens is 2. The van der Waals surface area contributed by atoms with Crippen LogP contribution in [0, 0.1) is 0 Å². The fraction of sp³-hybridized carbons (Fsp3) is 0.476. The van der Waals surface area contributed by atoms with Crippen molar-refractivity contribution in [1.82, 2.24) is 24.9 Å². The number of hydrogen-bond donors (Lipinski definition) is 1. The van der Waals surface area contributed by atoms with Gasteiger partial charge in [-0.2, -0.15) is 18.3 Å². The van der Waals surface area contributed by atoms with Crippen LogP contribution in [0.2, 0.25) is 0 Å². The molecule has 1 atom stereocenters. The van der Waals surface area contributed by atoms with E-state index in [1.54, 1.807) is 32.8 Å². The van der Waals surface area contributed by atoms with Crippen LogP contribution in [0.3, 0.4) is 0 Å². The van der Waals surface area contributed by atoms with Gasteiger partial charge in [-0.3, -0.25) is 19.2 Å². The summed E-state index contributed by atoms with van der Waals surface area (Å²) in [4.78, 5) is 28.8. The van der Waals surface area contributed by atoms with Crippen LogP contribution in [0.4, 0.5) is 13.2 Å². The molecule has 0 bridgehead atoms. The Morgan fingerprint density at radius 2 is 2.13 bits per heavy atom. The maximum atomic E-state index is 13.0. The average Bonchev–Trinajstić information content (AvgIpc) is 3.24. The molecule has 0 saturated carbocycles. The molecule has 2 heterocycles. The highest BCUT2D eigenvalue weighted by atomic mass is 19.4. The number of nitrogens with zero attached hydrogens (tertiary/aromatic N) is 4. The van der Waals surface area contributed by atoms with Crippen molar-refractivity contribution in [1.29, 1.82) is 0 Å². The zero-order valence-corrected chi connectivity index (χ0v) is 17.3. The van der Waals surface area contributed by atoms with Crippen molar-refractivity contribution in [2.24, 2.45) is 0 Å². The summed E-state index contributed by atoms with van der Waals surface area (Å²) < 4.78 is 40.8. The van der Waals surface area contributed by atoms with Gasteiger partial charge in [-0.05, 0) is 24.6 Å². The van der Waals surface area contributed by atoms with Crippen molar-refractivity contribution in [3.63, 3.8) is 0 Å². The molecule has 0 radical (unpaired) electrons. The number of benzene rings is 1. The number of piperazine rings is 1. The van der Waals surface area contributed by atoms with E-state index in [-0.39, 0.29) is 24.8 Å². The van der Waals surface area contributed by atoms with Crippen molar-refractivity contribution in [3.8, 4) is 0 Å². The van der Waals surface area contributed by atoms with Gasteiger partial charge in [0.05, 0.1) is 24.6 Å². The fourth-order valence-electron chi connectivity index (χ4n) is 3.66. The molecular weight excluding hydrogens is 411 g/mol. The third-order valence-corrected chi connectivity index (χ3v) is 5.34. The molecule has 7 nitrogen and oxygen atoms in total. The number of hydrogen-bond acceptors (Lipinski definition) is 4. The molecule has 0 aliphatic carbocycles. The predicted molar refractivity (Wildman–Crippen MR) is 108 cm³/mol. The molecule has 1 aliphatic rings. The van der Waals surface area contributed by atoms with Gasteiger partial charge < -0.3 is 10.2 Å². The Morgan fingerprint density at radius 1 is 1.32 bits per heavy atom. The smallest absolute Gasteiger partial charge is 0.353 e. The molecule has 1 saturated heterocycles. The van der Waals surface area contributed by atoms with E-state index in [1.165, 1.54) is 6.07 Å². The molecule has 10 heteroatoms. The van der Waals surface area contributed by atoms with E-state index < -0.39 is 17.8 Å². The second kappa shape index (κ2) is 9.95. The Balaban J connectivity index is 1.67. The molecule has 3 rings (SSSR count). The third kappa shape index (κ3) is 6.06. The number of rotatable bonds is 8. The van der Waals surface area contributed by atoms with Gasteiger partial charge in [0.2, 0.25) is 11.8 Å². The number of carbonyl (C=O) groups is 2. The van der Waals surface area contributed by atoms with E-state index in [0.717, 1.165) is 12.1 Å². The maximum absolute atomic E-state index is 13.0. The summed E-state index contributed by atoms with van der Waals surface area (Å²) >= 11 is 0. The van der Waals surface area contributed by atoms with Crippen molar-refractivity contribution in [2.45, 2.75) is 38.7 Å². The van der Waals surface area contributed by atoms with Crippen molar-refractivity contribution in [3.05, 3.63) is 53.9 Å². The fourth-order valence-corrected chi connectivity index (χ4v) is 3.66. The Morgan fingerprint density at radius 3 is 2.81 bits per heavy atom. The Labute approximate surface area is 178 Å². The number of halogens is 3. The second-order valence-corrected chi connectivity index (χ2v) is 7.42. The molecule has 1 fully saturated rings. The number of carbonyl (C=O) groups excluding carboxylic acids is 2. The lowest BCUT2D eigenvalue weighted by atomic mass is 10.0. The highest BCUT2D eigenvalue weighted by Crippen LogP contribution is 2.30. The van der Waals surface area contributed by atoms with Crippen LogP contribution < -0.4 is 5.32 Å². The van der Waals surface area contributed by atoms with Gasteiger partial charge in [-0.1, -0.05) is 18.2 Å². The van der Waals surface area contributed by atoms with E-state index in [0.29, 0.717) is 38.3 Å². The van der Waals surface area contributed by atoms with Gasteiger partial charge in [-0.15, -0.1) is 0 Å². The Kier molecular flexibility index (Phi) is 7.32. The van der Waals surface area contributed by atoms with Crippen molar-refractivity contribution < 1.29 is 22.8 Å². The van der Waals surface area contributed by atoms with Crippen LogP contribution in [0.15, 0.2) is 42.7 Å². The first-order chi connectivity index (χ1) is 14.8. The quantitative estimate of drug-likeness (QED) is 0.687. The molecule has 1 aromatic carbocycles. The Bertz CT molecular complexity index is 885. The molecule has 168 valence electrons. The molecule has 1 aliphatic heterocycles. The summed E-state index contributed by atoms with van der Waals surface area (Å²) in [5.41, 5.74) is -0.275. The molecule has 1 aromatic heterocycles. The standard InChI is InChI=1S/C21H26F3N5O2/c1-2-27(11-12-29-9-4-7-26-29)19(30)14-18-20(31)25-8-10-28(18)15-16-5-3-6-17(13-16)21(22,23)24/h3-7,9,13,18H,2,8,10-12,14-15H2,1H3,(H,25,31). The predicted octanol–water partition coefficient (Wildman–Crippen LogP) is 2.14. The summed E-state index contributed by atoms with van der Waals surface area (Å²) in [6, 6.07) is 6.14. The highest BCUT2D eigenvalue weighted by Gasteiger charge is 2.34. The molecule has 0 spiro atoms. The molecule has 2 aromatic rings. The lowest BCUT2D eigenvalue weighted by Crippen LogP contribution is -2.56. The minimum absolute atomic E-state index is 0.0300. The van der Waals surface area contributed by atoms with Crippen molar-refractivity contribution >= 4 is 11.8 Å². The molecule has 1 unspecified atom stereocenters. The van der Waals surface area contributed by atoms with Crippen molar-refractivity contribution in [2.75, 3.05) is 26.2 Å². The van der Waals surface area contributed by atoms with Gasteiger partial charge >= 0.3 is 6.18 Å². The number of amides is 2. The summed E-state index contributed by atoms with van der Waals surface area (Å²) in [5.74, 6) is -0.458. The van der Waals surface area contributed by atoms with E-state index in [2.05, 4.69) is 10.4 Å². The van der Waals surface area contributed by atoms with E-state index in [9.17, 15) is 22.8 Å². The molecule has 1 N–H and O–H groups in total. The highest BCUT2D eigenvalue weighted by molar-refractivity contribution is 5.88. The first kappa shape index (κ1) is 22.8. The average molecular weight is 437 g/mol. The maximum Gasteiger partial charge on any atom is 0.416 e. The van der Waals surface area contributed by atoms with Gasteiger partial charge in [0, 0.05) is 45.1 Å². The first-order valence-electron chi connectivity index (χ1n) is 10.2. The minimum Gasteiger partial charge on any atom is -0.353 e. The zero-order valence-electron chi connectivity index (χ0n) is 17.3. The summed E-state index contributed by atoms with van der Waals surface area (Å²) in [6.45, 7) is 4.36. The SMILES string of the molecule is CCN(CCn1cccn1)C(=O)CC1C(=O)NCCN1Cc1cccc(C(F)(F)F)c1. The van der Waals surface area contributed by atoms with E-state index >= 15 is 0 Å². The molecular formula is C21H26F3N5O2. The number of likely N-dealkylation sites (N-methyl/N-ethyl adjacent to an activating group) is 1. The normalized spacial score (nSPS) is 17.4. The zero-order chi connectivity index (χ0) is 22.4. The van der Waals surface area contributed by atoms with E-state index in [1.807, 2.05) is 13.1 Å². The minimum atomic E-state index is -4.43. The third-order valence-electron chi connectivity index (χ3n) is 5.34. The van der Waals surface area contributed by atoms with Gasteiger partial charge in [-0.25, -0.2) is 0 Å². The first-order valence-corrected chi connectivity index (χ1v) is 10.2. The lowest BCUT2D eigenvalue weighted by molar-refractivity contribution is -0.139. The summed E-state index contributed by atoms with van der Waals surface area (Å²) in [6.07, 6.45) is -0.988. The van der Waals surface area contributed by atoms with Crippen LogP contribution in [0.1, 0.15) is 24.5 Å². The monoisotopic (exact) mass is 437 g/mol. The summed E-state index contributed by atoms with van der Waals surface area (Å²) in [5, 5.41) is 6.87. The topological polar surface area (TPSA) is 70.5 Å². The van der Waals surface area contributed by atoms with Crippen LogP contribution in [-0.2, 0) is 28.9 Å². The molecule has 2 amide bonds. The van der Waals surface area contributed by atoms with Crippen LogP contribution in [0.5, 0.6) is 0 Å². The van der Waals surface area contributed by atoms with Crippen LogP contribution in [-0.4, -0.2) is 63.6 Å². The van der Waals surface area contributed by atoms with Gasteiger partial charge in [0.15, 0.2) is 0 Å². The lowest BCUT2D eigenvalue weighted by Gasteiger charge is -2.35. The van der Waals surface area contributed by atoms with Gasteiger partial charge in [0.25, 0.3) is 0 Å². The Hall–Kier alpha value is -2.88. The molecule has 31 heavy (non-hydrogen) atoms. The van der Waals surface area contributed by atoms with Crippen LogP contribution in [0.25, 0.3) is 0 Å².